The molecule has 27 heavy (non-hydrogen) atoms. The summed E-state index contributed by atoms with van der Waals surface area (Å²) in [6.45, 7) is 7.39. The van der Waals surface area contributed by atoms with Gasteiger partial charge in [-0.25, -0.2) is 8.42 Å². The summed E-state index contributed by atoms with van der Waals surface area (Å²) in [6, 6.07) is 10.7. The number of sulfonamides is 1. The first-order valence-electron chi connectivity index (χ1n) is 8.59. The molecule has 7 heteroatoms. The third kappa shape index (κ3) is 5.47. The van der Waals surface area contributed by atoms with Crippen LogP contribution < -0.4 is 9.62 Å². The van der Waals surface area contributed by atoms with Crippen LogP contribution in [0.3, 0.4) is 0 Å². The highest BCUT2D eigenvalue weighted by Crippen LogP contribution is 2.25. The van der Waals surface area contributed by atoms with E-state index in [4.69, 9.17) is 11.6 Å². The van der Waals surface area contributed by atoms with Gasteiger partial charge >= 0.3 is 0 Å². The summed E-state index contributed by atoms with van der Waals surface area (Å²) in [5.74, 6) is -0.385. The first-order valence-corrected chi connectivity index (χ1v) is 10.8. The van der Waals surface area contributed by atoms with E-state index in [1.54, 1.807) is 18.2 Å². The molecule has 0 aliphatic heterocycles. The van der Waals surface area contributed by atoms with Crippen LogP contribution in [0.1, 0.15) is 35.2 Å². The molecule has 5 nitrogen and oxygen atoms in total. The number of carbonyl (C=O) groups is 1. The van der Waals surface area contributed by atoms with Crippen LogP contribution in [-0.4, -0.2) is 27.1 Å². The Balaban J connectivity index is 2.20. The highest BCUT2D eigenvalue weighted by atomic mass is 35.5. The van der Waals surface area contributed by atoms with Crippen molar-refractivity contribution in [3.8, 4) is 0 Å². The lowest BCUT2D eigenvalue weighted by Crippen LogP contribution is -2.41. The lowest BCUT2D eigenvalue weighted by Gasteiger charge is -2.24. The lowest BCUT2D eigenvalue weighted by atomic mass is 10.0. The molecule has 0 heterocycles. The normalized spacial score (nSPS) is 12.5. The number of halogens is 1. The summed E-state index contributed by atoms with van der Waals surface area (Å²) in [7, 11) is -3.64. The predicted octanol–water partition coefficient (Wildman–Crippen LogP) is 3.91. The van der Waals surface area contributed by atoms with Crippen molar-refractivity contribution in [3.05, 3.63) is 63.7 Å². The molecule has 0 fully saturated rings. The van der Waals surface area contributed by atoms with E-state index >= 15 is 0 Å². The second kappa shape index (κ2) is 8.31. The number of anilines is 1. The maximum atomic E-state index is 12.5. The Morgan fingerprint density at radius 1 is 1.11 bits per heavy atom. The number of amides is 1. The molecule has 2 aromatic rings. The molecule has 0 saturated heterocycles. The van der Waals surface area contributed by atoms with E-state index in [-0.39, 0.29) is 18.5 Å². The van der Waals surface area contributed by atoms with E-state index in [0.29, 0.717) is 10.7 Å². The molecule has 0 unspecified atom stereocenters. The fourth-order valence-electron chi connectivity index (χ4n) is 2.94. The first-order chi connectivity index (χ1) is 12.5. The molecule has 0 spiro atoms. The van der Waals surface area contributed by atoms with Crippen LogP contribution in [-0.2, 0) is 14.8 Å². The fraction of sp³-hybridized carbons (Fsp3) is 0.350. The van der Waals surface area contributed by atoms with E-state index in [1.165, 1.54) is 0 Å². The monoisotopic (exact) mass is 408 g/mol. The van der Waals surface area contributed by atoms with Gasteiger partial charge in [-0.2, -0.15) is 0 Å². The molecule has 1 atom stereocenters. The van der Waals surface area contributed by atoms with Gasteiger partial charge in [-0.15, -0.1) is 0 Å². The van der Waals surface area contributed by atoms with Gasteiger partial charge in [0.25, 0.3) is 0 Å². The number of carbonyl (C=O) groups excluding carboxylic acids is 1. The fourth-order valence-corrected chi connectivity index (χ4v) is 3.97. The van der Waals surface area contributed by atoms with Crippen molar-refractivity contribution in [3.63, 3.8) is 0 Å². The van der Waals surface area contributed by atoms with Gasteiger partial charge in [0.15, 0.2) is 0 Å². The number of benzene rings is 2. The smallest absolute Gasteiger partial charge is 0.241 e. The van der Waals surface area contributed by atoms with E-state index < -0.39 is 10.0 Å². The number of hydrogen-bond acceptors (Lipinski definition) is 3. The van der Waals surface area contributed by atoms with Crippen LogP contribution in [0.25, 0.3) is 0 Å². The molecule has 0 bridgehead atoms. The standard InChI is InChI=1S/C20H25ClN2O3S/c1-13-6-9-18(15(3)10-13)16(4)22-20(24)12-23(27(5,25)26)17-8-7-14(2)19(21)11-17/h6-11,16H,12H2,1-5H3,(H,22,24)/t16-/m1/s1. The second-order valence-electron chi connectivity index (χ2n) is 6.85. The average molecular weight is 409 g/mol. The molecule has 0 aromatic heterocycles. The van der Waals surface area contributed by atoms with Gasteiger partial charge in [0.05, 0.1) is 18.0 Å². The van der Waals surface area contributed by atoms with Crippen LogP contribution >= 0.6 is 11.6 Å². The zero-order valence-corrected chi connectivity index (χ0v) is 17.8. The number of nitrogens with zero attached hydrogens (tertiary/aromatic N) is 1. The highest BCUT2D eigenvalue weighted by Gasteiger charge is 2.22. The number of aryl methyl sites for hydroxylation is 3. The third-order valence-corrected chi connectivity index (χ3v) is 5.95. The van der Waals surface area contributed by atoms with Gasteiger partial charge in [0.2, 0.25) is 15.9 Å². The van der Waals surface area contributed by atoms with Crippen LogP contribution in [0, 0.1) is 20.8 Å². The molecule has 146 valence electrons. The SMILES string of the molecule is Cc1ccc([C@@H](C)NC(=O)CN(c2ccc(C)c(Cl)c2)S(C)(=O)=O)c(C)c1. The number of nitrogens with one attached hydrogen (secondary N) is 1. The summed E-state index contributed by atoms with van der Waals surface area (Å²) in [6.07, 6.45) is 1.07. The van der Waals surface area contributed by atoms with Crippen molar-refractivity contribution in [1.29, 1.82) is 0 Å². The first kappa shape index (κ1) is 21.3. The van der Waals surface area contributed by atoms with E-state index in [1.807, 2.05) is 39.8 Å². The van der Waals surface area contributed by atoms with Crippen molar-refractivity contribution >= 4 is 33.2 Å². The zero-order chi connectivity index (χ0) is 20.4. The Morgan fingerprint density at radius 3 is 2.33 bits per heavy atom. The molecule has 0 saturated carbocycles. The van der Waals surface area contributed by atoms with Crippen molar-refractivity contribution < 1.29 is 13.2 Å². The minimum atomic E-state index is -3.64. The van der Waals surface area contributed by atoms with E-state index in [0.717, 1.165) is 32.8 Å². The van der Waals surface area contributed by atoms with Gasteiger partial charge in [-0.05, 0) is 56.5 Å². The van der Waals surface area contributed by atoms with Crippen LogP contribution in [0.2, 0.25) is 5.02 Å². The predicted molar refractivity (Wildman–Crippen MR) is 111 cm³/mol. The molecule has 1 amide bonds. The third-order valence-electron chi connectivity index (χ3n) is 4.40. The van der Waals surface area contributed by atoms with E-state index in [2.05, 4.69) is 11.4 Å². The second-order valence-corrected chi connectivity index (χ2v) is 9.17. The highest BCUT2D eigenvalue weighted by molar-refractivity contribution is 7.92. The molecular weight excluding hydrogens is 384 g/mol. The quantitative estimate of drug-likeness (QED) is 0.787. The average Bonchev–Trinajstić information content (AvgIpc) is 2.54. The summed E-state index contributed by atoms with van der Waals surface area (Å²) in [5.41, 5.74) is 4.42. The van der Waals surface area contributed by atoms with Gasteiger partial charge in [0, 0.05) is 5.02 Å². The van der Waals surface area contributed by atoms with Gasteiger partial charge in [0.1, 0.15) is 6.54 Å². The Hall–Kier alpha value is -2.05. The minimum absolute atomic E-state index is 0.235. The molecule has 2 aromatic carbocycles. The lowest BCUT2D eigenvalue weighted by molar-refractivity contribution is -0.120. The molecule has 2 rings (SSSR count). The van der Waals surface area contributed by atoms with Crippen molar-refractivity contribution in [2.24, 2.45) is 0 Å². The topological polar surface area (TPSA) is 66.5 Å². The number of rotatable bonds is 6. The molecular formula is C20H25ClN2O3S. The molecule has 1 N–H and O–H groups in total. The van der Waals surface area contributed by atoms with Gasteiger partial charge in [-0.3, -0.25) is 9.10 Å². The Bertz CT molecular complexity index is 958. The Morgan fingerprint density at radius 2 is 1.78 bits per heavy atom. The van der Waals surface area contributed by atoms with Crippen molar-refractivity contribution in [1.82, 2.24) is 5.32 Å². The molecule has 0 aliphatic rings. The largest absolute Gasteiger partial charge is 0.348 e. The van der Waals surface area contributed by atoms with Crippen LogP contribution in [0.15, 0.2) is 36.4 Å². The van der Waals surface area contributed by atoms with Crippen LogP contribution in [0.4, 0.5) is 5.69 Å². The van der Waals surface area contributed by atoms with Crippen molar-refractivity contribution in [2.45, 2.75) is 33.7 Å². The number of hydrogen-bond donors (Lipinski definition) is 1. The van der Waals surface area contributed by atoms with Gasteiger partial charge < -0.3 is 5.32 Å². The Kier molecular flexibility index (Phi) is 6.54. The minimum Gasteiger partial charge on any atom is -0.348 e. The maximum Gasteiger partial charge on any atom is 0.241 e. The summed E-state index contributed by atoms with van der Waals surface area (Å²) in [4.78, 5) is 12.5. The maximum absolute atomic E-state index is 12.5. The Labute approximate surface area is 166 Å². The molecule has 0 aliphatic carbocycles. The molecule has 0 radical (unpaired) electrons. The van der Waals surface area contributed by atoms with Gasteiger partial charge in [-0.1, -0.05) is 41.4 Å². The van der Waals surface area contributed by atoms with E-state index in [9.17, 15) is 13.2 Å². The summed E-state index contributed by atoms with van der Waals surface area (Å²) in [5, 5.41) is 3.33. The zero-order valence-electron chi connectivity index (χ0n) is 16.2. The summed E-state index contributed by atoms with van der Waals surface area (Å²) >= 11 is 6.12. The summed E-state index contributed by atoms with van der Waals surface area (Å²) < 4.78 is 25.5. The van der Waals surface area contributed by atoms with Crippen LogP contribution in [0.5, 0.6) is 0 Å². The van der Waals surface area contributed by atoms with Crippen molar-refractivity contribution in [2.75, 3.05) is 17.1 Å².